The Kier molecular flexibility index (Phi) is 5.37. The Morgan fingerprint density at radius 2 is 1.77 bits per heavy atom. The molecule has 0 aromatic rings. The topological polar surface area (TPSA) is 53.0 Å². The van der Waals surface area contributed by atoms with Gasteiger partial charge in [-0.25, -0.2) is 0 Å². The van der Waals surface area contributed by atoms with Crippen molar-refractivity contribution in [2.24, 2.45) is 5.92 Å². The first kappa shape index (κ1) is 16.2. The summed E-state index contributed by atoms with van der Waals surface area (Å²) >= 11 is 0. The van der Waals surface area contributed by atoms with E-state index in [9.17, 15) is 9.90 Å². The van der Waals surface area contributed by atoms with Gasteiger partial charge in [-0.3, -0.25) is 9.69 Å². The molecule has 3 fully saturated rings. The van der Waals surface area contributed by atoms with Crippen molar-refractivity contribution < 1.29 is 14.6 Å². The Labute approximate surface area is 133 Å². The molecule has 5 heteroatoms. The predicted octanol–water partition coefficient (Wildman–Crippen LogP) is 1.25. The molecule has 1 aliphatic carbocycles. The molecular weight excluding hydrogens is 280 g/mol. The van der Waals surface area contributed by atoms with Gasteiger partial charge in [0.1, 0.15) is 0 Å². The largest absolute Gasteiger partial charge is 0.389 e. The molecule has 0 aromatic heterocycles. The molecule has 0 unspecified atom stereocenters. The fourth-order valence-corrected chi connectivity index (χ4v) is 4.42. The van der Waals surface area contributed by atoms with E-state index in [4.69, 9.17) is 4.74 Å². The van der Waals surface area contributed by atoms with E-state index in [1.807, 2.05) is 11.9 Å². The van der Waals surface area contributed by atoms with Crippen molar-refractivity contribution in [1.82, 2.24) is 9.80 Å². The number of likely N-dealkylation sites (N-methyl/N-ethyl adjacent to an activating group) is 1. The zero-order valence-corrected chi connectivity index (χ0v) is 13.7. The van der Waals surface area contributed by atoms with Crippen LogP contribution in [-0.4, -0.2) is 72.4 Å². The van der Waals surface area contributed by atoms with Gasteiger partial charge in [0.15, 0.2) is 0 Å². The molecule has 126 valence electrons. The summed E-state index contributed by atoms with van der Waals surface area (Å²) in [5.74, 6) is 0.285. The summed E-state index contributed by atoms with van der Waals surface area (Å²) in [4.78, 5) is 17.0. The van der Waals surface area contributed by atoms with Crippen molar-refractivity contribution in [3.05, 3.63) is 0 Å². The number of hydrogen-bond donors (Lipinski definition) is 1. The summed E-state index contributed by atoms with van der Waals surface area (Å²) in [7, 11) is 1.89. The molecule has 2 saturated heterocycles. The molecule has 2 aliphatic heterocycles. The third-order valence-corrected chi connectivity index (χ3v) is 5.81. The second kappa shape index (κ2) is 7.28. The number of rotatable bonds is 3. The molecule has 0 spiro atoms. The molecule has 1 amide bonds. The summed E-state index contributed by atoms with van der Waals surface area (Å²) in [6, 6.07) is 0.223. The van der Waals surface area contributed by atoms with E-state index in [0.29, 0.717) is 13.2 Å². The third kappa shape index (κ3) is 3.31. The summed E-state index contributed by atoms with van der Waals surface area (Å²) in [5.41, 5.74) is 0. The number of aliphatic hydroxyl groups is 1. The van der Waals surface area contributed by atoms with E-state index >= 15 is 0 Å². The van der Waals surface area contributed by atoms with Crippen LogP contribution >= 0.6 is 0 Å². The minimum Gasteiger partial charge on any atom is -0.389 e. The zero-order valence-electron chi connectivity index (χ0n) is 13.7. The third-order valence-electron chi connectivity index (χ3n) is 5.81. The zero-order chi connectivity index (χ0) is 15.5. The molecule has 0 aromatic carbocycles. The number of carbonyl (C=O) groups is 1. The Hall–Kier alpha value is -0.650. The van der Waals surface area contributed by atoms with E-state index in [0.717, 1.165) is 45.2 Å². The molecule has 3 aliphatic rings. The van der Waals surface area contributed by atoms with Gasteiger partial charge in [-0.15, -0.1) is 0 Å². The minimum atomic E-state index is -0.402. The average Bonchev–Trinajstić information content (AvgIpc) is 3.09. The maximum Gasteiger partial charge on any atom is 0.225 e. The van der Waals surface area contributed by atoms with Gasteiger partial charge in [0, 0.05) is 32.2 Å². The van der Waals surface area contributed by atoms with Gasteiger partial charge >= 0.3 is 0 Å². The van der Waals surface area contributed by atoms with E-state index in [1.54, 1.807) is 0 Å². The van der Waals surface area contributed by atoms with E-state index in [1.165, 1.54) is 12.8 Å². The highest BCUT2D eigenvalue weighted by Crippen LogP contribution is 2.30. The Morgan fingerprint density at radius 3 is 2.45 bits per heavy atom. The van der Waals surface area contributed by atoms with Crippen LogP contribution in [-0.2, 0) is 9.53 Å². The fourth-order valence-electron chi connectivity index (χ4n) is 4.42. The predicted molar refractivity (Wildman–Crippen MR) is 84.6 cm³/mol. The molecule has 3 rings (SSSR count). The van der Waals surface area contributed by atoms with Crippen LogP contribution in [0.2, 0.25) is 0 Å². The molecule has 0 radical (unpaired) electrons. The molecule has 2 heterocycles. The number of carbonyl (C=O) groups excluding carboxylic acids is 1. The van der Waals surface area contributed by atoms with Crippen LogP contribution in [0.3, 0.4) is 0 Å². The van der Waals surface area contributed by atoms with Crippen LogP contribution < -0.4 is 0 Å². The first-order chi connectivity index (χ1) is 10.7. The van der Waals surface area contributed by atoms with Gasteiger partial charge in [-0.05, 0) is 58.0 Å². The quantitative estimate of drug-likeness (QED) is 0.852. The van der Waals surface area contributed by atoms with E-state index in [2.05, 4.69) is 4.90 Å². The van der Waals surface area contributed by atoms with Gasteiger partial charge in [0.2, 0.25) is 5.91 Å². The smallest absolute Gasteiger partial charge is 0.225 e. The highest BCUT2D eigenvalue weighted by molar-refractivity contribution is 5.79. The molecule has 1 saturated carbocycles. The number of hydrogen-bond acceptors (Lipinski definition) is 4. The summed E-state index contributed by atoms with van der Waals surface area (Å²) < 4.78 is 5.35. The van der Waals surface area contributed by atoms with Crippen LogP contribution in [0.1, 0.15) is 44.9 Å². The van der Waals surface area contributed by atoms with Gasteiger partial charge in [0.25, 0.3) is 0 Å². The van der Waals surface area contributed by atoms with Gasteiger partial charge in [-0.1, -0.05) is 0 Å². The Bertz CT molecular complexity index is 378. The van der Waals surface area contributed by atoms with Crippen LogP contribution in [0.5, 0.6) is 0 Å². The van der Waals surface area contributed by atoms with E-state index < -0.39 is 6.10 Å². The number of aliphatic hydroxyl groups excluding tert-OH is 1. The van der Waals surface area contributed by atoms with Crippen LogP contribution in [0.4, 0.5) is 0 Å². The van der Waals surface area contributed by atoms with Gasteiger partial charge in [-0.2, -0.15) is 0 Å². The van der Waals surface area contributed by atoms with Gasteiger partial charge in [0.05, 0.1) is 12.1 Å². The molecule has 1 N–H and O–H groups in total. The van der Waals surface area contributed by atoms with Crippen LogP contribution in [0.25, 0.3) is 0 Å². The lowest BCUT2D eigenvalue weighted by molar-refractivity contribution is -0.144. The lowest BCUT2D eigenvalue weighted by Crippen LogP contribution is -2.57. The molecule has 0 bridgehead atoms. The maximum absolute atomic E-state index is 12.7. The highest BCUT2D eigenvalue weighted by Gasteiger charge is 2.40. The summed E-state index contributed by atoms with van der Waals surface area (Å²) in [6.07, 6.45) is 6.82. The Balaban J connectivity index is 1.62. The second-order valence-corrected chi connectivity index (χ2v) is 7.14. The number of likely N-dealkylation sites (tertiary alicyclic amines) is 1. The van der Waals surface area contributed by atoms with Crippen LogP contribution in [0.15, 0.2) is 0 Å². The normalized spacial score (nSPS) is 34.7. The second-order valence-electron chi connectivity index (χ2n) is 7.14. The Morgan fingerprint density at radius 1 is 1.09 bits per heavy atom. The molecule has 5 nitrogen and oxygen atoms in total. The molecule has 22 heavy (non-hydrogen) atoms. The molecular formula is C17H30N2O3. The fraction of sp³-hybridized carbons (Fsp3) is 0.941. The van der Waals surface area contributed by atoms with Crippen LogP contribution in [0, 0.1) is 5.92 Å². The van der Waals surface area contributed by atoms with Gasteiger partial charge < -0.3 is 14.7 Å². The maximum atomic E-state index is 12.7. The SMILES string of the molecule is CN(C(=O)C1CCOCC1)[C@@H]1CCC[C@@H](N2CCCC2)[C@@H]1O. The van der Waals surface area contributed by atoms with Crippen molar-refractivity contribution in [1.29, 1.82) is 0 Å². The summed E-state index contributed by atoms with van der Waals surface area (Å²) in [5, 5.41) is 10.8. The minimum absolute atomic E-state index is 0.0188. The highest BCUT2D eigenvalue weighted by atomic mass is 16.5. The van der Waals surface area contributed by atoms with Crippen molar-refractivity contribution >= 4 is 5.91 Å². The van der Waals surface area contributed by atoms with Crippen molar-refractivity contribution in [2.45, 2.75) is 63.1 Å². The number of amides is 1. The first-order valence-electron chi connectivity index (χ1n) is 8.95. The van der Waals surface area contributed by atoms with Crippen molar-refractivity contribution in [3.8, 4) is 0 Å². The average molecular weight is 310 g/mol. The van der Waals surface area contributed by atoms with Crippen molar-refractivity contribution in [3.63, 3.8) is 0 Å². The number of nitrogens with zero attached hydrogens (tertiary/aromatic N) is 2. The standard InChI is InChI=1S/C17H30N2O3/c1-18(17(21)13-7-11-22-12-8-13)14-5-4-6-15(16(14)20)19-9-2-3-10-19/h13-16,20H,2-12H2,1H3/t14-,15-,16-/m1/s1. The lowest BCUT2D eigenvalue weighted by atomic mass is 9.85. The first-order valence-corrected chi connectivity index (χ1v) is 8.95. The summed E-state index contributed by atoms with van der Waals surface area (Å²) in [6.45, 7) is 3.58. The van der Waals surface area contributed by atoms with E-state index in [-0.39, 0.29) is 23.9 Å². The number of ether oxygens (including phenoxy) is 1. The molecule has 3 atom stereocenters. The lowest BCUT2D eigenvalue weighted by Gasteiger charge is -2.44. The van der Waals surface area contributed by atoms with Crippen molar-refractivity contribution in [2.75, 3.05) is 33.4 Å². The monoisotopic (exact) mass is 310 g/mol.